The van der Waals surface area contributed by atoms with Crippen LogP contribution in [0.15, 0.2) is 0 Å². The molecule has 0 spiro atoms. The normalized spacial score (nSPS) is 26.7. The van der Waals surface area contributed by atoms with E-state index in [0.29, 0.717) is 0 Å². The summed E-state index contributed by atoms with van der Waals surface area (Å²) in [5, 5.41) is 0. The Hall–Kier alpha value is -0.110. The van der Waals surface area contributed by atoms with Gasteiger partial charge in [-0.25, -0.2) is 0 Å². The van der Waals surface area contributed by atoms with Crippen LogP contribution < -0.4 is 0 Å². The zero-order valence-corrected chi connectivity index (χ0v) is 7.84. The van der Waals surface area contributed by atoms with Crippen LogP contribution in [-0.4, -0.2) is 25.0 Å². The maximum Gasteiger partial charge on any atom is 0.000906 e. The smallest absolute Gasteiger partial charge is 0.000906 e. The van der Waals surface area contributed by atoms with Gasteiger partial charge in [-0.15, -0.1) is 0 Å². The Balaban J connectivity index is 0.000001000. The van der Waals surface area contributed by atoms with Gasteiger partial charge in [0.25, 0.3) is 0 Å². The molecule has 1 saturated heterocycles. The fourth-order valence-electron chi connectivity index (χ4n) is 1.75. The third-order valence-corrected chi connectivity index (χ3v) is 2.60. The highest BCUT2D eigenvalue weighted by atomic mass is 19.0. The molecule has 2 heteroatoms. The summed E-state index contributed by atoms with van der Waals surface area (Å²) in [7, 11) is 2.23. The van der Waals surface area contributed by atoms with E-state index in [0.717, 1.165) is 11.8 Å². The van der Waals surface area contributed by atoms with Crippen molar-refractivity contribution in [2.45, 2.75) is 26.7 Å². The molecule has 1 fully saturated rings. The average Bonchev–Trinajstić information content (AvgIpc) is 1.88. The molecule has 1 aliphatic heterocycles. The van der Waals surface area contributed by atoms with Crippen LogP contribution in [0.5, 0.6) is 0 Å². The predicted octanol–water partition coefficient (Wildman–Crippen LogP) is 2.14. The molecule has 0 N–H and O–H groups in total. The van der Waals surface area contributed by atoms with Crippen molar-refractivity contribution in [2.75, 3.05) is 20.1 Å². The van der Waals surface area contributed by atoms with Gasteiger partial charge in [0, 0.05) is 6.54 Å². The van der Waals surface area contributed by atoms with Crippen molar-refractivity contribution in [1.29, 1.82) is 0 Å². The molecule has 1 unspecified atom stereocenters. The number of rotatable bonds is 1. The molecule has 1 heterocycles. The molecule has 0 aromatic rings. The Bertz CT molecular complexity index is 104. The molecule has 1 nitrogen and oxygen atoms in total. The van der Waals surface area contributed by atoms with Gasteiger partial charge >= 0.3 is 0 Å². The quantitative estimate of drug-likeness (QED) is 0.569. The summed E-state index contributed by atoms with van der Waals surface area (Å²) in [6, 6.07) is 0. The van der Waals surface area contributed by atoms with Gasteiger partial charge in [0.1, 0.15) is 0 Å². The summed E-state index contributed by atoms with van der Waals surface area (Å²) in [4.78, 5) is 2.45. The number of halogens is 1. The van der Waals surface area contributed by atoms with E-state index < -0.39 is 0 Å². The maximum atomic E-state index is 2.45. The van der Waals surface area contributed by atoms with Crippen LogP contribution in [0, 0.1) is 11.8 Å². The minimum absolute atomic E-state index is 0. The van der Waals surface area contributed by atoms with E-state index in [1.807, 2.05) is 0 Å². The molecule has 68 valence electrons. The van der Waals surface area contributed by atoms with Gasteiger partial charge in [0.2, 0.25) is 0 Å². The molecule has 1 rings (SSSR count). The number of hydrogen-bond donors (Lipinski definition) is 0. The molecule has 1 aliphatic rings. The SMILES string of the molecule is CC(C)C1CCCN(C)C1.F. The van der Waals surface area contributed by atoms with E-state index in [1.54, 1.807) is 0 Å². The maximum absolute atomic E-state index is 2.45. The second-order valence-electron chi connectivity index (χ2n) is 3.91. The first kappa shape index (κ1) is 10.9. The highest BCUT2D eigenvalue weighted by Crippen LogP contribution is 2.21. The molecular weight excluding hydrogens is 141 g/mol. The van der Waals surface area contributed by atoms with Crippen LogP contribution in [0.3, 0.4) is 0 Å². The van der Waals surface area contributed by atoms with Crippen LogP contribution in [0.2, 0.25) is 0 Å². The minimum atomic E-state index is 0. The molecule has 1 atom stereocenters. The molecule has 11 heavy (non-hydrogen) atoms. The van der Waals surface area contributed by atoms with Gasteiger partial charge in [-0.2, -0.15) is 0 Å². The fourth-order valence-corrected chi connectivity index (χ4v) is 1.75. The van der Waals surface area contributed by atoms with E-state index in [-0.39, 0.29) is 4.70 Å². The molecule has 0 saturated carbocycles. The van der Waals surface area contributed by atoms with Crippen molar-refractivity contribution >= 4 is 0 Å². The highest BCUT2D eigenvalue weighted by Gasteiger charge is 2.19. The molecule has 0 radical (unpaired) electrons. The van der Waals surface area contributed by atoms with Gasteiger partial charge in [0.05, 0.1) is 0 Å². The lowest BCUT2D eigenvalue weighted by Gasteiger charge is -2.31. The second-order valence-corrected chi connectivity index (χ2v) is 3.91. The number of likely N-dealkylation sites (tertiary alicyclic amines) is 1. The number of hydrogen-bond acceptors (Lipinski definition) is 1. The monoisotopic (exact) mass is 161 g/mol. The van der Waals surface area contributed by atoms with Crippen molar-refractivity contribution in [3.05, 3.63) is 0 Å². The Morgan fingerprint density at radius 3 is 2.36 bits per heavy atom. The Morgan fingerprint density at radius 1 is 1.36 bits per heavy atom. The van der Waals surface area contributed by atoms with Gasteiger partial charge in [0.15, 0.2) is 0 Å². The predicted molar refractivity (Wildman–Crippen MR) is 47.6 cm³/mol. The van der Waals surface area contributed by atoms with E-state index in [4.69, 9.17) is 0 Å². The summed E-state index contributed by atoms with van der Waals surface area (Å²) < 4.78 is 0. The van der Waals surface area contributed by atoms with Gasteiger partial charge in [-0.3, -0.25) is 4.70 Å². The van der Waals surface area contributed by atoms with Crippen molar-refractivity contribution < 1.29 is 4.70 Å². The van der Waals surface area contributed by atoms with E-state index in [2.05, 4.69) is 25.8 Å². The third kappa shape index (κ3) is 3.19. The first-order valence-electron chi connectivity index (χ1n) is 4.38. The Labute approximate surface area is 69.1 Å². The minimum Gasteiger partial charge on any atom is -0.306 e. The lowest BCUT2D eigenvalue weighted by Crippen LogP contribution is -2.34. The van der Waals surface area contributed by atoms with E-state index in [1.165, 1.54) is 25.9 Å². The highest BCUT2D eigenvalue weighted by molar-refractivity contribution is 4.72. The molecule has 0 aliphatic carbocycles. The number of nitrogens with zero attached hydrogens (tertiary/aromatic N) is 1. The second kappa shape index (κ2) is 4.70. The molecule has 0 aromatic carbocycles. The van der Waals surface area contributed by atoms with Gasteiger partial charge in [-0.1, -0.05) is 13.8 Å². The van der Waals surface area contributed by atoms with Crippen LogP contribution in [0.4, 0.5) is 4.70 Å². The molecular formula is C9H20FN. The Morgan fingerprint density at radius 2 is 2.00 bits per heavy atom. The molecule has 0 bridgehead atoms. The van der Waals surface area contributed by atoms with Crippen LogP contribution in [-0.2, 0) is 0 Å². The summed E-state index contributed by atoms with van der Waals surface area (Å²) in [5.41, 5.74) is 0. The van der Waals surface area contributed by atoms with Gasteiger partial charge < -0.3 is 4.90 Å². The van der Waals surface area contributed by atoms with E-state index in [9.17, 15) is 0 Å². The largest absolute Gasteiger partial charge is 0.306 e. The third-order valence-electron chi connectivity index (χ3n) is 2.60. The van der Waals surface area contributed by atoms with Crippen molar-refractivity contribution in [3.8, 4) is 0 Å². The first-order valence-corrected chi connectivity index (χ1v) is 4.38. The van der Waals surface area contributed by atoms with Crippen molar-refractivity contribution in [1.82, 2.24) is 4.90 Å². The summed E-state index contributed by atoms with van der Waals surface area (Å²) >= 11 is 0. The zero-order valence-electron chi connectivity index (χ0n) is 7.84. The van der Waals surface area contributed by atoms with Gasteiger partial charge in [-0.05, 0) is 38.3 Å². The first-order chi connectivity index (χ1) is 4.70. The lowest BCUT2D eigenvalue weighted by molar-refractivity contribution is 0.173. The van der Waals surface area contributed by atoms with Crippen molar-refractivity contribution in [2.24, 2.45) is 11.8 Å². The summed E-state index contributed by atoms with van der Waals surface area (Å²) in [6.45, 7) is 7.30. The summed E-state index contributed by atoms with van der Waals surface area (Å²) in [6.07, 6.45) is 2.85. The van der Waals surface area contributed by atoms with E-state index >= 15 is 0 Å². The average molecular weight is 161 g/mol. The molecule has 0 aromatic heterocycles. The van der Waals surface area contributed by atoms with Crippen LogP contribution in [0.25, 0.3) is 0 Å². The summed E-state index contributed by atoms with van der Waals surface area (Å²) in [5.74, 6) is 1.83. The standard InChI is InChI=1S/C9H19N.FH/c1-8(2)9-5-4-6-10(3)7-9;/h8-9H,4-7H2,1-3H3;1H. The topological polar surface area (TPSA) is 3.24 Å². The lowest BCUT2D eigenvalue weighted by atomic mass is 9.88. The van der Waals surface area contributed by atoms with Crippen LogP contribution >= 0.6 is 0 Å². The molecule has 0 amide bonds. The van der Waals surface area contributed by atoms with Crippen LogP contribution in [0.1, 0.15) is 26.7 Å². The zero-order chi connectivity index (χ0) is 7.56. The Kier molecular flexibility index (Phi) is 4.66. The fraction of sp³-hybridized carbons (Fsp3) is 1.00. The number of piperidine rings is 1. The van der Waals surface area contributed by atoms with Crippen molar-refractivity contribution in [3.63, 3.8) is 0 Å².